The number of carbonyl (C=O) groups is 1. The molecule has 0 aliphatic rings. The summed E-state index contributed by atoms with van der Waals surface area (Å²) in [6, 6.07) is 9.97. The van der Waals surface area contributed by atoms with Gasteiger partial charge in [0.05, 0.1) is 12.4 Å². The fourth-order valence-corrected chi connectivity index (χ4v) is 4.42. The zero-order valence-corrected chi connectivity index (χ0v) is 19.3. The van der Waals surface area contributed by atoms with Gasteiger partial charge in [-0.3, -0.25) is 4.79 Å². The molecule has 2 aromatic heterocycles. The number of benzene rings is 1. The molecule has 1 aromatic carbocycles. The van der Waals surface area contributed by atoms with Crippen LogP contribution in [0.5, 0.6) is 5.75 Å². The van der Waals surface area contributed by atoms with Crippen LogP contribution in [-0.2, 0) is 24.1 Å². The SMILES string of the molecule is CCc1cc(CC)nc(SC(C)C(=O)Nc2ncc(Cc3ccc(OC)cc3)s2)n1. The third kappa shape index (κ3) is 6.03. The van der Waals surface area contributed by atoms with Gasteiger partial charge < -0.3 is 10.1 Å². The van der Waals surface area contributed by atoms with E-state index < -0.39 is 0 Å². The van der Waals surface area contributed by atoms with Crippen LogP contribution in [-0.4, -0.2) is 33.2 Å². The first-order chi connectivity index (χ1) is 14.5. The summed E-state index contributed by atoms with van der Waals surface area (Å²) in [7, 11) is 1.65. The topological polar surface area (TPSA) is 77.0 Å². The van der Waals surface area contributed by atoms with Crippen molar-refractivity contribution < 1.29 is 9.53 Å². The molecule has 0 saturated carbocycles. The molecule has 3 aromatic rings. The number of rotatable bonds is 9. The third-order valence-corrected chi connectivity index (χ3v) is 6.38. The lowest BCUT2D eigenvalue weighted by molar-refractivity contribution is -0.115. The van der Waals surface area contributed by atoms with Gasteiger partial charge in [0.2, 0.25) is 5.91 Å². The van der Waals surface area contributed by atoms with Crippen molar-refractivity contribution >= 4 is 34.1 Å². The van der Waals surface area contributed by atoms with Crippen LogP contribution in [0.3, 0.4) is 0 Å². The molecule has 0 fully saturated rings. The van der Waals surface area contributed by atoms with Gasteiger partial charge in [-0.05, 0) is 43.5 Å². The van der Waals surface area contributed by atoms with E-state index in [2.05, 4.69) is 34.1 Å². The van der Waals surface area contributed by atoms with Crippen LogP contribution >= 0.6 is 23.1 Å². The summed E-state index contributed by atoms with van der Waals surface area (Å²) in [5, 5.41) is 3.84. The Kier molecular flexibility index (Phi) is 7.81. The van der Waals surface area contributed by atoms with E-state index in [1.54, 1.807) is 7.11 Å². The second-order valence-electron chi connectivity index (χ2n) is 6.75. The van der Waals surface area contributed by atoms with Crippen LogP contribution in [0.1, 0.15) is 42.6 Å². The minimum absolute atomic E-state index is 0.103. The maximum Gasteiger partial charge on any atom is 0.239 e. The molecule has 0 saturated heterocycles. The number of nitrogens with one attached hydrogen (secondary N) is 1. The molecule has 1 unspecified atom stereocenters. The average molecular weight is 443 g/mol. The van der Waals surface area contributed by atoms with E-state index in [1.807, 2.05) is 43.5 Å². The number of nitrogens with zero attached hydrogens (tertiary/aromatic N) is 3. The summed E-state index contributed by atoms with van der Waals surface area (Å²) in [6.45, 7) is 6.00. The quantitative estimate of drug-likeness (QED) is 0.380. The number of thiazole rings is 1. The first-order valence-electron chi connectivity index (χ1n) is 9.92. The van der Waals surface area contributed by atoms with Gasteiger partial charge in [-0.15, -0.1) is 11.3 Å². The molecule has 6 nitrogen and oxygen atoms in total. The van der Waals surface area contributed by atoms with Crippen molar-refractivity contribution in [1.82, 2.24) is 15.0 Å². The summed E-state index contributed by atoms with van der Waals surface area (Å²) in [4.78, 5) is 27.2. The maximum absolute atomic E-state index is 12.6. The van der Waals surface area contributed by atoms with Gasteiger partial charge in [0.25, 0.3) is 0 Å². The highest BCUT2D eigenvalue weighted by Crippen LogP contribution is 2.25. The fraction of sp³-hybridized carbons (Fsp3) is 0.364. The lowest BCUT2D eigenvalue weighted by Gasteiger charge is -2.11. The Balaban J connectivity index is 1.59. The lowest BCUT2D eigenvalue weighted by atomic mass is 10.1. The van der Waals surface area contributed by atoms with E-state index in [1.165, 1.54) is 28.7 Å². The molecule has 1 N–H and O–H groups in total. The summed E-state index contributed by atoms with van der Waals surface area (Å²) in [6.07, 6.45) is 4.27. The van der Waals surface area contributed by atoms with Crippen molar-refractivity contribution in [2.45, 2.75) is 50.4 Å². The normalized spacial score (nSPS) is 11.9. The minimum atomic E-state index is -0.323. The molecule has 2 heterocycles. The molecule has 0 radical (unpaired) electrons. The number of hydrogen-bond donors (Lipinski definition) is 1. The fourth-order valence-electron chi connectivity index (χ4n) is 2.75. The average Bonchev–Trinajstić information content (AvgIpc) is 3.20. The lowest BCUT2D eigenvalue weighted by Crippen LogP contribution is -2.22. The van der Waals surface area contributed by atoms with E-state index in [9.17, 15) is 4.79 Å². The zero-order chi connectivity index (χ0) is 21.5. The highest BCUT2D eigenvalue weighted by Gasteiger charge is 2.18. The number of anilines is 1. The Morgan fingerprint density at radius 1 is 1.17 bits per heavy atom. The van der Waals surface area contributed by atoms with Crippen molar-refractivity contribution in [2.75, 3.05) is 12.4 Å². The first kappa shape index (κ1) is 22.2. The molecule has 0 bridgehead atoms. The van der Waals surface area contributed by atoms with Crippen molar-refractivity contribution in [1.29, 1.82) is 0 Å². The van der Waals surface area contributed by atoms with Crippen LogP contribution in [0.2, 0.25) is 0 Å². The van der Waals surface area contributed by atoms with E-state index in [0.29, 0.717) is 10.3 Å². The Labute approximate surface area is 185 Å². The van der Waals surface area contributed by atoms with Crippen molar-refractivity contribution in [3.8, 4) is 5.75 Å². The van der Waals surface area contributed by atoms with Gasteiger partial charge in [-0.1, -0.05) is 37.7 Å². The van der Waals surface area contributed by atoms with Crippen LogP contribution in [0.15, 0.2) is 41.7 Å². The van der Waals surface area contributed by atoms with Crippen LogP contribution in [0, 0.1) is 0 Å². The Morgan fingerprint density at radius 2 is 1.83 bits per heavy atom. The smallest absolute Gasteiger partial charge is 0.239 e. The van der Waals surface area contributed by atoms with Crippen molar-refractivity contribution in [3.05, 3.63) is 58.4 Å². The van der Waals surface area contributed by atoms with Gasteiger partial charge in [-0.2, -0.15) is 0 Å². The molecule has 0 aliphatic heterocycles. The number of ether oxygens (including phenoxy) is 1. The highest BCUT2D eigenvalue weighted by atomic mass is 32.2. The third-order valence-electron chi connectivity index (χ3n) is 4.51. The number of methoxy groups -OCH3 is 1. The van der Waals surface area contributed by atoms with E-state index in [0.717, 1.165) is 41.3 Å². The molecular weight excluding hydrogens is 416 g/mol. The number of aromatic nitrogens is 3. The van der Waals surface area contributed by atoms with Gasteiger partial charge in [0.15, 0.2) is 10.3 Å². The van der Waals surface area contributed by atoms with E-state index >= 15 is 0 Å². The first-order valence-corrected chi connectivity index (χ1v) is 11.6. The largest absolute Gasteiger partial charge is 0.497 e. The van der Waals surface area contributed by atoms with E-state index in [-0.39, 0.29) is 11.2 Å². The highest BCUT2D eigenvalue weighted by molar-refractivity contribution is 8.00. The van der Waals surface area contributed by atoms with Crippen molar-refractivity contribution in [2.24, 2.45) is 0 Å². The van der Waals surface area contributed by atoms with Gasteiger partial charge >= 0.3 is 0 Å². The molecule has 0 spiro atoms. The number of carbonyl (C=O) groups excluding carboxylic acids is 1. The van der Waals surface area contributed by atoms with Gasteiger partial charge in [0, 0.05) is 28.9 Å². The Morgan fingerprint density at radius 3 is 2.43 bits per heavy atom. The van der Waals surface area contributed by atoms with Gasteiger partial charge in [0.1, 0.15) is 5.75 Å². The maximum atomic E-state index is 12.6. The summed E-state index contributed by atoms with van der Waals surface area (Å²) in [5.74, 6) is 0.732. The number of thioether (sulfide) groups is 1. The molecule has 158 valence electrons. The predicted octanol–water partition coefficient (Wildman–Crippen LogP) is 4.78. The molecule has 1 amide bonds. The second-order valence-corrected chi connectivity index (χ2v) is 9.17. The zero-order valence-electron chi connectivity index (χ0n) is 17.6. The molecule has 0 aliphatic carbocycles. The second kappa shape index (κ2) is 10.5. The number of aryl methyl sites for hydroxylation is 2. The molecule has 30 heavy (non-hydrogen) atoms. The summed E-state index contributed by atoms with van der Waals surface area (Å²) in [5.41, 5.74) is 3.17. The van der Waals surface area contributed by atoms with Gasteiger partial charge in [-0.25, -0.2) is 15.0 Å². The molecule has 8 heteroatoms. The predicted molar refractivity (Wildman–Crippen MR) is 123 cm³/mol. The Hall–Kier alpha value is -2.45. The molecule has 3 rings (SSSR count). The monoisotopic (exact) mass is 442 g/mol. The van der Waals surface area contributed by atoms with E-state index in [4.69, 9.17) is 4.74 Å². The standard InChI is InChI=1S/C22H26N4O2S2/c1-5-16-12-17(6-2)25-22(24-16)29-14(3)20(27)26-21-23-13-19(30-21)11-15-7-9-18(28-4)10-8-15/h7-10,12-14H,5-6,11H2,1-4H3,(H,23,26,27). The minimum Gasteiger partial charge on any atom is -0.497 e. The number of hydrogen-bond acceptors (Lipinski definition) is 7. The summed E-state index contributed by atoms with van der Waals surface area (Å²) < 4.78 is 5.19. The number of amides is 1. The molecule has 1 atom stereocenters. The Bertz CT molecular complexity index is 967. The van der Waals surface area contributed by atoms with Crippen LogP contribution in [0.25, 0.3) is 0 Å². The van der Waals surface area contributed by atoms with Crippen LogP contribution in [0.4, 0.5) is 5.13 Å². The summed E-state index contributed by atoms with van der Waals surface area (Å²) >= 11 is 2.86. The van der Waals surface area contributed by atoms with Crippen molar-refractivity contribution in [3.63, 3.8) is 0 Å². The molecular formula is C22H26N4O2S2. The van der Waals surface area contributed by atoms with Crippen LogP contribution < -0.4 is 10.1 Å².